The summed E-state index contributed by atoms with van der Waals surface area (Å²) in [4.78, 5) is 4.63. The van der Waals surface area contributed by atoms with E-state index >= 15 is 0 Å². The summed E-state index contributed by atoms with van der Waals surface area (Å²) >= 11 is 7.21. The number of nitrogens with zero attached hydrogens (tertiary/aromatic N) is 2. The number of anilines is 2. The Bertz CT molecular complexity index is 1180. The standard InChI is InChI=1S/C32H39BClN2/c1-21(2)26-16-12-17-27(22(3)4)31(26)35-20-30(34)36(33(35)25-14-10-9-11-15-25)32-28(23(5)6)18-13-19-29(32)24(7)8/h9-19,21-24H,1-8H3. The zero-order valence-electron chi connectivity index (χ0n) is 23.0. The second kappa shape index (κ2) is 10.8. The smallest absolute Gasteiger partial charge is 0.357 e. The van der Waals surface area contributed by atoms with Crippen LogP contribution in [0.1, 0.15) is 101 Å². The quantitative estimate of drug-likeness (QED) is 0.238. The predicted molar refractivity (Wildman–Crippen MR) is 159 cm³/mol. The minimum absolute atomic E-state index is 0.131. The van der Waals surface area contributed by atoms with Gasteiger partial charge in [0.15, 0.2) is 0 Å². The van der Waals surface area contributed by atoms with Gasteiger partial charge in [0.05, 0.1) is 6.20 Å². The van der Waals surface area contributed by atoms with Gasteiger partial charge in [-0.15, -0.1) is 0 Å². The summed E-state index contributed by atoms with van der Waals surface area (Å²) in [5, 5.41) is 0.632. The van der Waals surface area contributed by atoms with Crippen LogP contribution in [0.5, 0.6) is 0 Å². The summed E-state index contributed by atoms with van der Waals surface area (Å²) in [6.07, 6.45) is 3.63. The lowest BCUT2D eigenvalue weighted by molar-refractivity contribution is 0.831. The lowest BCUT2D eigenvalue weighted by Gasteiger charge is -2.36. The molecule has 1 radical (unpaired) electrons. The first kappa shape index (κ1) is 26.4. The molecule has 4 rings (SSSR count). The molecule has 4 heteroatoms. The van der Waals surface area contributed by atoms with Crippen molar-refractivity contribution in [1.82, 2.24) is 0 Å². The largest absolute Gasteiger partial charge is 0.421 e. The van der Waals surface area contributed by atoms with Gasteiger partial charge in [0, 0.05) is 11.4 Å². The van der Waals surface area contributed by atoms with Crippen LogP contribution in [-0.2, 0) is 0 Å². The summed E-state index contributed by atoms with van der Waals surface area (Å²) in [5.41, 5.74) is 8.90. The first-order valence-corrected chi connectivity index (χ1v) is 13.7. The molecule has 0 saturated heterocycles. The predicted octanol–water partition coefficient (Wildman–Crippen LogP) is 8.74. The van der Waals surface area contributed by atoms with E-state index in [4.69, 9.17) is 11.6 Å². The van der Waals surface area contributed by atoms with E-state index < -0.39 is 0 Å². The maximum absolute atomic E-state index is 7.21. The molecule has 0 unspecified atom stereocenters. The molecule has 0 aliphatic carbocycles. The molecule has 36 heavy (non-hydrogen) atoms. The highest BCUT2D eigenvalue weighted by molar-refractivity contribution is 6.83. The fraction of sp³-hybridized carbons (Fsp3) is 0.375. The van der Waals surface area contributed by atoms with Crippen LogP contribution in [0.2, 0.25) is 0 Å². The molecule has 1 aliphatic heterocycles. The fourth-order valence-corrected chi connectivity index (χ4v) is 5.61. The van der Waals surface area contributed by atoms with Crippen LogP contribution >= 0.6 is 11.6 Å². The minimum Gasteiger partial charge on any atom is -0.357 e. The molecule has 0 aromatic heterocycles. The van der Waals surface area contributed by atoms with Gasteiger partial charge in [-0.1, -0.05) is 134 Å². The molecule has 0 amide bonds. The first-order valence-electron chi connectivity index (χ1n) is 13.3. The van der Waals surface area contributed by atoms with E-state index in [0.717, 1.165) is 0 Å². The summed E-state index contributed by atoms with van der Waals surface area (Å²) in [6, 6.07) is 24.1. The van der Waals surface area contributed by atoms with Crippen molar-refractivity contribution in [3.8, 4) is 0 Å². The van der Waals surface area contributed by atoms with E-state index in [0.29, 0.717) is 28.8 Å². The molecule has 1 heterocycles. The number of hydrogen-bond donors (Lipinski definition) is 0. The maximum Gasteiger partial charge on any atom is 0.421 e. The summed E-state index contributed by atoms with van der Waals surface area (Å²) < 4.78 is 0. The van der Waals surface area contributed by atoms with Gasteiger partial charge < -0.3 is 9.62 Å². The van der Waals surface area contributed by atoms with Gasteiger partial charge >= 0.3 is 6.98 Å². The van der Waals surface area contributed by atoms with Crippen molar-refractivity contribution in [1.29, 1.82) is 0 Å². The highest BCUT2D eigenvalue weighted by Crippen LogP contribution is 2.44. The zero-order chi connectivity index (χ0) is 26.1. The average molecular weight is 498 g/mol. The van der Waals surface area contributed by atoms with Crippen molar-refractivity contribution in [3.05, 3.63) is 100 Å². The third kappa shape index (κ3) is 4.83. The second-order valence-corrected chi connectivity index (χ2v) is 11.5. The molecule has 3 aromatic carbocycles. The Balaban J connectivity index is 2.03. The van der Waals surface area contributed by atoms with Crippen LogP contribution in [0.25, 0.3) is 0 Å². The minimum atomic E-state index is -0.131. The van der Waals surface area contributed by atoms with E-state index in [1.807, 2.05) is 0 Å². The van der Waals surface area contributed by atoms with Crippen molar-refractivity contribution < 1.29 is 0 Å². The Morgan fingerprint density at radius 3 is 1.42 bits per heavy atom. The molecule has 3 aromatic rings. The summed E-state index contributed by atoms with van der Waals surface area (Å²) in [5.74, 6) is 1.48. The molecule has 0 bridgehead atoms. The van der Waals surface area contributed by atoms with Crippen LogP contribution < -0.4 is 15.1 Å². The molecular weight excluding hydrogens is 459 g/mol. The normalized spacial score (nSPS) is 14.1. The summed E-state index contributed by atoms with van der Waals surface area (Å²) in [7, 11) is 0. The molecule has 0 saturated carbocycles. The molecular formula is C32H39BClN2. The molecule has 187 valence electrons. The van der Waals surface area contributed by atoms with Crippen LogP contribution in [0, 0.1) is 6.20 Å². The van der Waals surface area contributed by atoms with Gasteiger partial charge in [0.25, 0.3) is 0 Å². The molecule has 2 nitrogen and oxygen atoms in total. The number of benzene rings is 3. The van der Waals surface area contributed by atoms with Crippen molar-refractivity contribution >= 4 is 35.4 Å². The second-order valence-electron chi connectivity index (χ2n) is 11.1. The molecule has 0 atom stereocenters. The molecule has 0 spiro atoms. The SMILES string of the molecule is CC(C)c1cccc(C(C)C)c1N1[C]=C(Cl)N(c2c(C(C)C)cccc2C(C)C)B1c1ccccc1. The average Bonchev–Trinajstić information content (AvgIpc) is 3.19. The maximum atomic E-state index is 7.21. The van der Waals surface area contributed by atoms with Crippen LogP contribution in [0.3, 0.4) is 0 Å². The summed E-state index contributed by atoms with van der Waals surface area (Å²) in [6.45, 7) is 18.0. The van der Waals surface area contributed by atoms with Crippen molar-refractivity contribution in [3.63, 3.8) is 0 Å². The Morgan fingerprint density at radius 2 is 1.00 bits per heavy atom. The monoisotopic (exact) mass is 497 g/mol. The topological polar surface area (TPSA) is 6.48 Å². The Kier molecular flexibility index (Phi) is 7.90. The fourth-order valence-electron chi connectivity index (χ4n) is 5.34. The first-order chi connectivity index (χ1) is 17.1. The third-order valence-corrected chi connectivity index (χ3v) is 7.44. The third-order valence-electron chi connectivity index (χ3n) is 7.18. The molecule has 0 N–H and O–H groups in total. The lowest BCUT2D eigenvalue weighted by Crippen LogP contribution is -2.55. The highest BCUT2D eigenvalue weighted by atomic mass is 35.5. The number of hydrogen-bond acceptors (Lipinski definition) is 2. The van der Waals surface area contributed by atoms with Gasteiger partial charge in [0.1, 0.15) is 5.16 Å². The van der Waals surface area contributed by atoms with Crippen molar-refractivity contribution in [2.45, 2.75) is 79.1 Å². The Hall–Kier alpha value is -2.65. The molecule has 0 fully saturated rings. The van der Waals surface area contributed by atoms with Gasteiger partial charge in [-0.2, -0.15) is 0 Å². The van der Waals surface area contributed by atoms with E-state index in [-0.39, 0.29) is 6.98 Å². The Labute approximate surface area is 224 Å². The van der Waals surface area contributed by atoms with Gasteiger partial charge in [-0.3, -0.25) is 0 Å². The lowest BCUT2D eigenvalue weighted by atomic mass is 9.63. The van der Waals surface area contributed by atoms with Gasteiger partial charge in [-0.25, -0.2) is 0 Å². The number of rotatable bonds is 7. The zero-order valence-corrected chi connectivity index (χ0v) is 23.8. The highest BCUT2D eigenvalue weighted by Gasteiger charge is 2.44. The Morgan fingerprint density at radius 1 is 0.583 bits per heavy atom. The van der Waals surface area contributed by atoms with E-state index in [1.165, 1.54) is 39.1 Å². The van der Waals surface area contributed by atoms with Gasteiger partial charge in [0.2, 0.25) is 0 Å². The van der Waals surface area contributed by atoms with Crippen molar-refractivity contribution in [2.75, 3.05) is 9.62 Å². The van der Waals surface area contributed by atoms with Crippen LogP contribution in [-0.4, -0.2) is 6.98 Å². The van der Waals surface area contributed by atoms with E-state index in [1.54, 1.807) is 0 Å². The van der Waals surface area contributed by atoms with E-state index in [9.17, 15) is 0 Å². The van der Waals surface area contributed by atoms with Crippen LogP contribution in [0.15, 0.2) is 71.9 Å². The van der Waals surface area contributed by atoms with Gasteiger partial charge in [-0.05, 0) is 51.4 Å². The van der Waals surface area contributed by atoms with E-state index in [2.05, 4.69) is 138 Å². The number of para-hydroxylation sites is 2. The molecule has 1 aliphatic rings. The van der Waals surface area contributed by atoms with Crippen LogP contribution in [0.4, 0.5) is 11.4 Å². The van der Waals surface area contributed by atoms with Crippen molar-refractivity contribution in [2.24, 2.45) is 0 Å². The number of halogens is 1.